The Kier molecular flexibility index (Phi) is 7.63. The molecule has 2 fully saturated rings. The van der Waals surface area contributed by atoms with Crippen LogP contribution in [0.15, 0.2) is 35.3 Å². The normalized spacial score (nSPS) is 20.7. The zero-order valence-electron chi connectivity index (χ0n) is 19.8. The zero-order chi connectivity index (χ0) is 22.3. The number of nitrogens with one attached hydrogen (secondary N) is 2. The first-order valence-corrected chi connectivity index (χ1v) is 12.1. The Morgan fingerprint density at radius 2 is 1.88 bits per heavy atom. The van der Waals surface area contributed by atoms with Crippen molar-refractivity contribution < 1.29 is 0 Å². The smallest absolute Gasteiger partial charge is 0.191 e. The van der Waals surface area contributed by atoms with E-state index in [0.29, 0.717) is 18.6 Å². The molecule has 4 rings (SSSR count). The Balaban J connectivity index is 1.37. The summed E-state index contributed by atoms with van der Waals surface area (Å²) >= 11 is 0. The van der Waals surface area contributed by atoms with Gasteiger partial charge in [0.05, 0.1) is 0 Å². The predicted molar refractivity (Wildman–Crippen MR) is 130 cm³/mol. The minimum Gasteiger partial charge on any atom is -0.371 e. The highest BCUT2D eigenvalue weighted by molar-refractivity contribution is 5.80. The number of benzene rings is 1. The van der Waals surface area contributed by atoms with Crippen molar-refractivity contribution in [3.05, 3.63) is 42.0 Å². The molecule has 0 saturated carbocycles. The number of hydrogen-bond acceptors (Lipinski definition) is 5. The fourth-order valence-corrected chi connectivity index (χ4v) is 4.76. The Labute approximate surface area is 192 Å². The fourth-order valence-electron chi connectivity index (χ4n) is 4.76. The quantitative estimate of drug-likeness (QED) is 0.511. The van der Waals surface area contributed by atoms with Gasteiger partial charge in [-0.3, -0.25) is 4.90 Å². The number of nitrogens with zero attached hydrogens (tertiary/aromatic N) is 6. The number of hydrogen-bond donors (Lipinski definition) is 2. The van der Waals surface area contributed by atoms with Crippen LogP contribution in [0, 0.1) is 6.92 Å². The van der Waals surface area contributed by atoms with Gasteiger partial charge in [-0.15, -0.1) is 10.2 Å². The number of anilines is 1. The number of aliphatic imine (C=N–C) groups is 1. The van der Waals surface area contributed by atoms with Gasteiger partial charge in [0.25, 0.3) is 0 Å². The van der Waals surface area contributed by atoms with Crippen LogP contribution in [0.4, 0.5) is 5.69 Å². The molecule has 2 aliphatic heterocycles. The first-order valence-electron chi connectivity index (χ1n) is 12.1. The Hall–Kier alpha value is -2.61. The summed E-state index contributed by atoms with van der Waals surface area (Å²) in [5.41, 5.74) is 1.32. The number of aromatic nitrogens is 3. The molecule has 0 spiro atoms. The molecule has 1 atom stereocenters. The molecule has 0 aliphatic carbocycles. The van der Waals surface area contributed by atoms with Crippen LogP contribution in [0.2, 0.25) is 0 Å². The van der Waals surface area contributed by atoms with Crippen molar-refractivity contribution in [1.29, 1.82) is 0 Å². The monoisotopic (exact) mass is 438 g/mol. The van der Waals surface area contributed by atoms with Gasteiger partial charge in [-0.2, -0.15) is 0 Å². The third-order valence-corrected chi connectivity index (χ3v) is 6.93. The maximum Gasteiger partial charge on any atom is 0.191 e. The number of para-hydroxylation sites is 1. The molecule has 2 aliphatic rings. The van der Waals surface area contributed by atoms with E-state index in [4.69, 9.17) is 4.99 Å². The number of likely N-dealkylation sites (N-methyl/N-ethyl adjacent to an activating group) is 1. The van der Waals surface area contributed by atoms with Crippen LogP contribution in [0.5, 0.6) is 0 Å². The molecule has 1 unspecified atom stereocenters. The number of likely N-dealkylation sites (tertiary alicyclic amines) is 1. The number of rotatable bonds is 7. The second-order valence-electron chi connectivity index (χ2n) is 8.93. The van der Waals surface area contributed by atoms with Crippen molar-refractivity contribution in [2.24, 2.45) is 12.0 Å². The third-order valence-electron chi connectivity index (χ3n) is 6.93. The van der Waals surface area contributed by atoms with Crippen LogP contribution in [0.25, 0.3) is 0 Å². The molecule has 2 N–H and O–H groups in total. The first-order chi connectivity index (χ1) is 15.6. The molecule has 0 amide bonds. The van der Waals surface area contributed by atoms with Crippen molar-refractivity contribution in [2.75, 3.05) is 37.6 Å². The summed E-state index contributed by atoms with van der Waals surface area (Å²) in [5.74, 6) is 2.70. The van der Waals surface area contributed by atoms with Gasteiger partial charge in [0.2, 0.25) is 0 Å². The minimum absolute atomic E-state index is 0.424. The van der Waals surface area contributed by atoms with Crippen LogP contribution in [0.1, 0.15) is 44.3 Å². The SMILES string of the molecule is CCN1CCCC1CNC(=NCc1nnc(C)n1C)NC1CCN(c2ccccc2)CC1. The second kappa shape index (κ2) is 10.8. The Bertz CT molecular complexity index is 869. The number of guanidine groups is 1. The highest BCUT2D eigenvalue weighted by Gasteiger charge is 2.24. The largest absolute Gasteiger partial charge is 0.371 e. The van der Waals surface area contributed by atoms with Gasteiger partial charge in [0.1, 0.15) is 12.4 Å². The van der Waals surface area contributed by atoms with E-state index < -0.39 is 0 Å². The van der Waals surface area contributed by atoms with E-state index in [-0.39, 0.29) is 0 Å². The fraction of sp³-hybridized carbons (Fsp3) is 0.625. The van der Waals surface area contributed by atoms with Gasteiger partial charge in [-0.25, -0.2) is 4.99 Å². The van der Waals surface area contributed by atoms with Gasteiger partial charge in [0, 0.05) is 44.5 Å². The molecule has 8 heteroatoms. The lowest BCUT2D eigenvalue weighted by Gasteiger charge is -2.35. The van der Waals surface area contributed by atoms with Gasteiger partial charge in [-0.05, 0) is 57.8 Å². The molecule has 1 aromatic heterocycles. The van der Waals surface area contributed by atoms with Crippen LogP contribution in [0.3, 0.4) is 0 Å². The summed E-state index contributed by atoms with van der Waals surface area (Å²) in [6.07, 6.45) is 4.74. The number of piperidine rings is 1. The standard InChI is InChI=1S/C24H38N8/c1-4-31-14-8-11-22(31)17-25-24(26-18-23-29-28-19(2)30(23)3)27-20-12-15-32(16-13-20)21-9-6-5-7-10-21/h5-7,9-10,20,22H,4,8,11-18H2,1-3H3,(H2,25,26,27). The summed E-state index contributed by atoms with van der Waals surface area (Å²) < 4.78 is 2.01. The maximum absolute atomic E-state index is 4.89. The van der Waals surface area contributed by atoms with Crippen molar-refractivity contribution in [1.82, 2.24) is 30.3 Å². The summed E-state index contributed by atoms with van der Waals surface area (Å²) in [4.78, 5) is 9.93. The highest BCUT2D eigenvalue weighted by Crippen LogP contribution is 2.19. The van der Waals surface area contributed by atoms with Gasteiger partial charge in [-0.1, -0.05) is 25.1 Å². The van der Waals surface area contributed by atoms with E-state index in [0.717, 1.165) is 56.6 Å². The zero-order valence-corrected chi connectivity index (χ0v) is 19.8. The third kappa shape index (κ3) is 5.59. The van der Waals surface area contributed by atoms with E-state index >= 15 is 0 Å². The van der Waals surface area contributed by atoms with Gasteiger partial charge >= 0.3 is 0 Å². The average Bonchev–Trinajstić information content (AvgIpc) is 3.42. The lowest BCUT2D eigenvalue weighted by molar-refractivity contribution is 0.266. The maximum atomic E-state index is 4.89. The minimum atomic E-state index is 0.424. The van der Waals surface area contributed by atoms with E-state index in [1.807, 2.05) is 18.5 Å². The number of aryl methyl sites for hydroxylation is 1. The molecule has 2 aromatic rings. The first kappa shape index (κ1) is 22.6. The Morgan fingerprint density at radius 1 is 1.09 bits per heavy atom. The van der Waals surface area contributed by atoms with E-state index in [1.54, 1.807) is 0 Å². The van der Waals surface area contributed by atoms with E-state index in [2.05, 4.69) is 67.9 Å². The molecule has 8 nitrogen and oxygen atoms in total. The lowest BCUT2D eigenvalue weighted by atomic mass is 10.0. The lowest BCUT2D eigenvalue weighted by Crippen LogP contribution is -2.51. The van der Waals surface area contributed by atoms with Gasteiger partial charge < -0.3 is 20.1 Å². The van der Waals surface area contributed by atoms with Crippen molar-refractivity contribution >= 4 is 11.6 Å². The van der Waals surface area contributed by atoms with E-state index in [9.17, 15) is 0 Å². The summed E-state index contributed by atoms with van der Waals surface area (Å²) in [7, 11) is 2.00. The molecule has 1 aromatic carbocycles. The van der Waals surface area contributed by atoms with Gasteiger partial charge in [0.15, 0.2) is 11.8 Å². The summed E-state index contributed by atoms with van der Waals surface area (Å²) in [6, 6.07) is 11.7. The summed E-state index contributed by atoms with van der Waals surface area (Å²) in [6.45, 7) is 10.1. The molecular formula is C24H38N8. The van der Waals surface area contributed by atoms with Crippen molar-refractivity contribution in [2.45, 2.75) is 58.2 Å². The molecule has 0 radical (unpaired) electrons. The molecule has 3 heterocycles. The molecule has 0 bridgehead atoms. The average molecular weight is 439 g/mol. The van der Waals surface area contributed by atoms with Crippen LogP contribution >= 0.6 is 0 Å². The second-order valence-corrected chi connectivity index (χ2v) is 8.93. The van der Waals surface area contributed by atoms with Crippen molar-refractivity contribution in [3.8, 4) is 0 Å². The van der Waals surface area contributed by atoms with Crippen LogP contribution < -0.4 is 15.5 Å². The van der Waals surface area contributed by atoms with Crippen LogP contribution in [-0.2, 0) is 13.6 Å². The van der Waals surface area contributed by atoms with E-state index in [1.165, 1.54) is 25.1 Å². The topological polar surface area (TPSA) is 73.6 Å². The Morgan fingerprint density at radius 3 is 2.56 bits per heavy atom. The van der Waals surface area contributed by atoms with Crippen molar-refractivity contribution in [3.63, 3.8) is 0 Å². The highest BCUT2D eigenvalue weighted by atomic mass is 15.3. The molecule has 2 saturated heterocycles. The molecule has 174 valence electrons. The molecule has 32 heavy (non-hydrogen) atoms. The summed E-state index contributed by atoms with van der Waals surface area (Å²) in [5, 5.41) is 15.8. The molecular weight excluding hydrogens is 400 g/mol. The van der Waals surface area contributed by atoms with Crippen LogP contribution in [-0.4, -0.2) is 70.4 Å². The predicted octanol–water partition coefficient (Wildman–Crippen LogP) is 2.31.